The smallest absolute Gasteiger partial charge is 0.414 e. The normalized spacial score (nSPS) is 10.2. The lowest BCUT2D eigenvalue weighted by molar-refractivity contribution is 0.276. The molecule has 0 rings (SSSR count). The van der Waals surface area contributed by atoms with Gasteiger partial charge in [0.2, 0.25) is 0 Å². The second kappa shape index (κ2) is 9.08. The Morgan fingerprint density at radius 2 is 1.50 bits per heavy atom. The monoisotopic (exact) mass is 172 g/mol. The fraction of sp³-hybridized carbons (Fsp3) is 1.00. The Balaban J connectivity index is 3.06. The summed E-state index contributed by atoms with van der Waals surface area (Å²) in [6.45, 7) is 2.23. The highest BCUT2D eigenvalue weighted by Gasteiger charge is 2.12. The van der Waals surface area contributed by atoms with E-state index in [-0.39, 0.29) is 7.12 Å². The molecule has 0 N–H and O–H groups in total. The van der Waals surface area contributed by atoms with Gasteiger partial charge in [0.1, 0.15) is 0 Å². The molecular weight excluding hydrogens is 151 g/mol. The summed E-state index contributed by atoms with van der Waals surface area (Å²) < 4.78 is 10.2. The molecule has 0 bridgehead atoms. The van der Waals surface area contributed by atoms with Gasteiger partial charge in [0.05, 0.1) is 0 Å². The van der Waals surface area contributed by atoms with Crippen molar-refractivity contribution in [2.24, 2.45) is 0 Å². The van der Waals surface area contributed by atoms with Gasteiger partial charge >= 0.3 is 7.12 Å². The highest BCUT2D eigenvalue weighted by Crippen LogP contribution is 2.07. The van der Waals surface area contributed by atoms with Gasteiger partial charge in [0, 0.05) is 14.2 Å². The van der Waals surface area contributed by atoms with Gasteiger partial charge in [0.25, 0.3) is 0 Å². The fourth-order valence-corrected chi connectivity index (χ4v) is 1.25. The van der Waals surface area contributed by atoms with E-state index in [9.17, 15) is 0 Å². The lowest BCUT2D eigenvalue weighted by Crippen LogP contribution is -2.18. The molecule has 0 amide bonds. The van der Waals surface area contributed by atoms with Crippen LogP contribution in [0.5, 0.6) is 0 Å². The van der Waals surface area contributed by atoms with Crippen LogP contribution in [-0.2, 0) is 9.31 Å². The molecule has 0 saturated carbocycles. The quantitative estimate of drug-likeness (QED) is 0.414. The Labute approximate surface area is 76.8 Å². The summed E-state index contributed by atoms with van der Waals surface area (Å²) in [5.74, 6) is 0. The molecule has 0 aromatic rings. The third-order valence-corrected chi connectivity index (χ3v) is 2.07. The van der Waals surface area contributed by atoms with Crippen LogP contribution in [0.15, 0.2) is 0 Å². The molecule has 0 aromatic carbocycles. The SMILES string of the molecule is CCCCCCCB(OC)OC. The van der Waals surface area contributed by atoms with E-state index in [1.165, 1.54) is 32.1 Å². The van der Waals surface area contributed by atoms with Crippen molar-refractivity contribution in [1.29, 1.82) is 0 Å². The third kappa shape index (κ3) is 6.68. The van der Waals surface area contributed by atoms with E-state index in [1.54, 1.807) is 14.2 Å². The van der Waals surface area contributed by atoms with Gasteiger partial charge in [-0.25, -0.2) is 0 Å². The predicted octanol–water partition coefficient (Wildman–Crippen LogP) is 2.74. The topological polar surface area (TPSA) is 18.5 Å². The number of hydrogen-bond acceptors (Lipinski definition) is 2. The van der Waals surface area contributed by atoms with Gasteiger partial charge in [-0.15, -0.1) is 0 Å². The Morgan fingerprint density at radius 3 is 2.00 bits per heavy atom. The minimum atomic E-state index is 0.00614. The van der Waals surface area contributed by atoms with E-state index in [0.29, 0.717) is 0 Å². The first-order valence-electron chi connectivity index (χ1n) is 4.90. The summed E-state index contributed by atoms with van der Waals surface area (Å²) in [5, 5.41) is 0. The van der Waals surface area contributed by atoms with E-state index in [2.05, 4.69) is 6.92 Å². The molecule has 0 saturated heterocycles. The van der Waals surface area contributed by atoms with E-state index in [1.807, 2.05) is 0 Å². The molecule has 12 heavy (non-hydrogen) atoms. The van der Waals surface area contributed by atoms with E-state index < -0.39 is 0 Å². The maximum absolute atomic E-state index is 5.08. The average molecular weight is 172 g/mol. The zero-order valence-electron chi connectivity index (χ0n) is 8.64. The molecule has 0 atom stereocenters. The van der Waals surface area contributed by atoms with Crippen molar-refractivity contribution >= 4 is 7.12 Å². The highest BCUT2D eigenvalue weighted by molar-refractivity contribution is 6.44. The van der Waals surface area contributed by atoms with Crippen molar-refractivity contribution in [2.45, 2.75) is 45.3 Å². The molecule has 3 heteroatoms. The zero-order valence-corrected chi connectivity index (χ0v) is 8.64. The van der Waals surface area contributed by atoms with Gasteiger partial charge in [0.15, 0.2) is 0 Å². The first-order valence-corrected chi connectivity index (χ1v) is 4.90. The van der Waals surface area contributed by atoms with Crippen LogP contribution in [-0.4, -0.2) is 21.3 Å². The van der Waals surface area contributed by atoms with Gasteiger partial charge in [-0.2, -0.15) is 0 Å². The minimum Gasteiger partial charge on any atom is -0.414 e. The molecule has 2 nitrogen and oxygen atoms in total. The largest absolute Gasteiger partial charge is 0.456 e. The summed E-state index contributed by atoms with van der Waals surface area (Å²) in [7, 11) is 3.40. The Hall–Kier alpha value is -0.0151. The molecular formula is C9H21BO2. The van der Waals surface area contributed by atoms with E-state index in [4.69, 9.17) is 9.31 Å². The molecule has 0 fully saturated rings. The third-order valence-electron chi connectivity index (χ3n) is 2.07. The van der Waals surface area contributed by atoms with Gasteiger partial charge in [-0.3, -0.25) is 0 Å². The molecule has 0 unspecified atom stereocenters. The lowest BCUT2D eigenvalue weighted by Gasteiger charge is -2.07. The standard InChI is InChI=1S/C9H21BO2/c1-4-5-6-7-8-9-10(11-2)12-3/h4-9H2,1-3H3. The molecule has 72 valence electrons. The molecule has 0 aliphatic heterocycles. The summed E-state index contributed by atoms with van der Waals surface area (Å²) in [4.78, 5) is 0. The fourth-order valence-electron chi connectivity index (χ4n) is 1.25. The van der Waals surface area contributed by atoms with Crippen molar-refractivity contribution < 1.29 is 9.31 Å². The van der Waals surface area contributed by atoms with Crippen LogP contribution in [0.4, 0.5) is 0 Å². The first-order chi connectivity index (χ1) is 5.85. The van der Waals surface area contributed by atoms with E-state index >= 15 is 0 Å². The van der Waals surface area contributed by atoms with Crippen molar-refractivity contribution in [1.82, 2.24) is 0 Å². The number of hydrogen-bond donors (Lipinski definition) is 0. The maximum Gasteiger partial charge on any atom is 0.456 e. The van der Waals surface area contributed by atoms with Crippen molar-refractivity contribution in [2.75, 3.05) is 14.2 Å². The van der Waals surface area contributed by atoms with E-state index in [0.717, 1.165) is 6.32 Å². The molecule has 0 spiro atoms. The lowest BCUT2D eigenvalue weighted by atomic mass is 9.82. The van der Waals surface area contributed by atoms with Crippen molar-refractivity contribution in [3.8, 4) is 0 Å². The zero-order chi connectivity index (χ0) is 9.23. The number of rotatable bonds is 8. The van der Waals surface area contributed by atoms with Gasteiger partial charge < -0.3 is 9.31 Å². The van der Waals surface area contributed by atoms with Crippen LogP contribution in [0.3, 0.4) is 0 Å². The molecule has 0 heterocycles. The van der Waals surface area contributed by atoms with Gasteiger partial charge in [-0.1, -0.05) is 39.0 Å². The van der Waals surface area contributed by atoms with Crippen LogP contribution >= 0.6 is 0 Å². The summed E-state index contributed by atoms with van der Waals surface area (Å²) in [6.07, 6.45) is 7.54. The molecule has 0 radical (unpaired) electrons. The van der Waals surface area contributed by atoms with Crippen LogP contribution in [0.2, 0.25) is 6.32 Å². The first kappa shape index (κ1) is 12.0. The maximum atomic E-state index is 5.08. The van der Waals surface area contributed by atoms with Crippen molar-refractivity contribution in [3.05, 3.63) is 0 Å². The van der Waals surface area contributed by atoms with Crippen LogP contribution in [0, 0.1) is 0 Å². The Morgan fingerprint density at radius 1 is 0.917 bits per heavy atom. The molecule has 0 aliphatic carbocycles. The molecule has 0 aliphatic rings. The number of unbranched alkanes of at least 4 members (excludes halogenated alkanes) is 4. The average Bonchev–Trinajstić information content (AvgIpc) is 2.11. The van der Waals surface area contributed by atoms with Crippen molar-refractivity contribution in [3.63, 3.8) is 0 Å². The van der Waals surface area contributed by atoms with Crippen LogP contribution in [0.1, 0.15) is 39.0 Å². The summed E-state index contributed by atoms with van der Waals surface area (Å²) >= 11 is 0. The van der Waals surface area contributed by atoms with Gasteiger partial charge in [-0.05, 0) is 6.32 Å². The summed E-state index contributed by atoms with van der Waals surface area (Å²) in [6, 6.07) is 0. The second-order valence-corrected chi connectivity index (χ2v) is 3.10. The van der Waals surface area contributed by atoms with Crippen LogP contribution in [0.25, 0.3) is 0 Å². The second-order valence-electron chi connectivity index (χ2n) is 3.10. The summed E-state index contributed by atoms with van der Waals surface area (Å²) in [5.41, 5.74) is 0. The molecule has 0 aromatic heterocycles. The Bertz CT molecular complexity index is 84.6. The predicted molar refractivity (Wildman–Crippen MR) is 53.3 cm³/mol. The minimum absolute atomic E-state index is 0.00614. The van der Waals surface area contributed by atoms with Crippen LogP contribution < -0.4 is 0 Å². The highest BCUT2D eigenvalue weighted by atomic mass is 16.6. The Kier molecular flexibility index (Phi) is 9.06.